The van der Waals surface area contributed by atoms with Gasteiger partial charge in [-0.15, -0.1) is 0 Å². The van der Waals surface area contributed by atoms with Gasteiger partial charge in [0.2, 0.25) is 5.69 Å². The van der Waals surface area contributed by atoms with Crippen LogP contribution < -0.4 is 9.80 Å². The zero-order chi connectivity index (χ0) is 47.8. The van der Waals surface area contributed by atoms with Crippen molar-refractivity contribution < 1.29 is 8.83 Å². The summed E-state index contributed by atoms with van der Waals surface area (Å²) in [5.74, 6) is 0. The fourth-order valence-corrected chi connectivity index (χ4v) is 11.0. The fourth-order valence-electron chi connectivity index (χ4n) is 11.0. The Bertz CT molecular complexity index is 3700. The SMILES string of the molecule is [C-]#[N+]c1c(C#N)c(N(c2ccc(-c3ccccc3)cc2)c2cccc3c2oc2ccccc23)c2c(c1N(c1ccc(C(C)(C)C)cc1)c1cccc3c1oc1ccccc13)C(C)(C)CCCC2(C)C. The van der Waals surface area contributed by atoms with Crippen LogP contribution >= 0.6 is 0 Å². The van der Waals surface area contributed by atoms with Gasteiger partial charge in [-0.3, -0.25) is 0 Å². The molecule has 0 radical (unpaired) electrons. The topological polar surface area (TPSA) is 60.9 Å². The lowest BCUT2D eigenvalue weighted by Gasteiger charge is -2.41. The number of fused-ring (bicyclic) bond motifs is 7. The molecule has 8 aromatic carbocycles. The van der Waals surface area contributed by atoms with Gasteiger partial charge in [0.05, 0.1) is 41.0 Å². The van der Waals surface area contributed by atoms with Gasteiger partial charge in [0.1, 0.15) is 11.2 Å². The predicted molar refractivity (Wildman–Crippen MR) is 285 cm³/mol. The lowest BCUT2D eigenvalue weighted by Crippen LogP contribution is -2.29. The van der Waals surface area contributed by atoms with Gasteiger partial charge in [-0.25, -0.2) is 4.85 Å². The lowest BCUT2D eigenvalue weighted by atomic mass is 9.71. The minimum Gasteiger partial charge on any atom is -0.454 e. The molecule has 0 aliphatic heterocycles. The third-order valence-electron chi connectivity index (χ3n) is 14.5. The zero-order valence-corrected chi connectivity index (χ0v) is 40.3. The molecule has 2 aromatic heterocycles. The van der Waals surface area contributed by atoms with Crippen molar-refractivity contribution in [1.82, 2.24) is 0 Å². The van der Waals surface area contributed by atoms with Gasteiger partial charge in [-0.05, 0) is 105 Å². The highest BCUT2D eigenvalue weighted by Crippen LogP contribution is 2.61. The Balaban J connectivity index is 1.30. The summed E-state index contributed by atoms with van der Waals surface area (Å²) in [7, 11) is 0. The van der Waals surface area contributed by atoms with Crippen molar-refractivity contribution in [3.8, 4) is 17.2 Å². The second-order valence-electron chi connectivity index (χ2n) is 20.9. The quantitative estimate of drug-likeness (QED) is 0.118. The Hall–Kier alpha value is -8.06. The molecular weight excluding hydrogens is 845 g/mol. The summed E-state index contributed by atoms with van der Waals surface area (Å²) in [6, 6.07) is 59.3. The third kappa shape index (κ3) is 7.13. The Morgan fingerprint density at radius 1 is 0.536 bits per heavy atom. The molecule has 1 aliphatic carbocycles. The van der Waals surface area contributed by atoms with E-state index in [1.807, 2.05) is 42.5 Å². The van der Waals surface area contributed by atoms with E-state index in [0.717, 1.165) is 97.0 Å². The number of anilines is 6. The highest BCUT2D eigenvalue weighted by molar-refractivity contribution is 6.13. The fraction of sp³-hybridized carbons (Fsp3) is 0.206. The van der Waals surface area contributed by atoms with E-state index >= 15 is 0 Å². The molecule has 1 aliphatic rings. The molecule has 338 valence electrons. The summed E-state index contributed by atoms with van der Waals surface area (Å²) in [5, 5.41) is 16.0. The standard InChI is InChI=1S/C63H54N4O2/c1-61(2,3)42-31-35-44(36-32-42)67(51-26-17-24-48-46-22-13-15-28-53(46)69-60(48)51)58-55-54(62(4,5)37-18-38-63(55,6)7)57(49(39-64)56(58)65-8)66(43-33-29-41(30-34-43)40-19-10-9-11-20-40)50-25-16-23-47-45-21-12-14-27-52(45)68-59(47)50/h9-17,19-36H,18,37-38H2,1-7H3. The van der Waals surface area contributed by atoms with Crippen LogP contribution in [0.3, 0.4) is 0 Å². The van der Waals surface area contributed by atoms with Crippen molar-refractivity contribution >= 4 is 83.7 Å². The van der Waals surface area contributed by atoms with E-state index in [1.165, 1.54) is 5.56 Å². The Labute approximate surface area is 404 Å². The van der Waals surface area contributed by atoms with Gasteiger partial charge in [-0.2, -0.15) is 5.26 Å². The minimum absolute atomic E-state index is 0.0893. The minimum atomic E-state index is -0.476. The lowest BCUT2D eigenvalue weighted by molar-refractivity contribution is 0.434. The summed E-state index contributed by atoms with van der Waals surface area (Å²) < 4.78 is 13.7. The molecule has 0 saturated heterocycles. The molecule has 10 aromatic rings. The number of hydrogen-bond acceptors (Lipinski definition) is 5. The summed E-state index contributed by atoms with van der Waals surface area (Å²) in [6.45, 7) is 25.3. The second kappa shape index (κ2) is 16.3. The largest absolute Gasteiger partial charge is 0.454 e. The first-order valence-electron chi connectivity index (χ1n) is 24.0. The van der Waals surface area contributed by atoms with Crippen LogP contribution in [0.25, 0.3) is 59.8 Å². The number of furan rings is 2. The number of nitrogens with zero attached hydrogens (tertiary/aromatic N) is 4. The molecule has 0 N–H and O–H groups in total. The number of hydrogen-bond donors (Lipinski definition) is 0. The van der Waals surface area contributed by atoms with Gasteiger partial charge in [0.25, 0.3) is 0 Å². The third-order valence-corrected chi connectivity index (χ3v) is 14.5. The first kappa shape index (κ1) is 43.5. The van der Waals surface area contributed by atoms with Crippen molar-refractivity contribution in [3.05, 3.63) is 197 Å². The van der Waals surface area contributed by atoms with Crippen LogP contribution in [-0.2, 0) is 16.2 Å². The molecule has 0 amide bonds. The number of nitriles is 1. The summed E-state index contributed by atoms with van der Waals surface area (Å²) >= 11 is 0. The van der Waals surface area contributed by atoms with Crippen LogP contribution in [0.4, 0.5) is 39.8 Å². The Morgan fingerprint density at radius 2 is 0.986 bits per heavy atom. The van der Waals surface area contributed by atoms with Crippen LogP contribution in [0.15, 0.2) is 173 Å². The molecule has 0 unspecified atom stereocenters. The predicted octanol–water partition coefficient (Wildman–Crippen LogP) is 18.6. The van der Waals surface area contributed by atoms with Crippen LogP contribution in [0.1, 0.15) is 90.0 Å². The van der Waals surface area contributed by atoms with Crippen LogP contribution in [0.2, 0.25) is 0 Å². The number of rotatable bonds is 7. The molecule has 0 fully saturated rings. The van der Waals surface area contributed by atoms with E-state index in [0.29, 0.717) is 28.1 Å². The maximum Gasteiger partial charge on any atom is 0.230 e. The summed E-state index contributed by atoms with van der Waals surface area (Å²) in [4.78, 5) is 8.99. The van der Waals surface area contributed by atoms with Gasteiger partial charge in [0.15, 0.2) is 11.2 Å². The van der Waals surface area contributed by atoms with E-state index in [9.17, 15) is 11.8 Å². The molecule has 0 saturated carbocycles. The molecule has 2 heterocycles. The summed E-state index contributed by atoms with van der Waals surface area (Å²) in [6.07, 6.45) is 2.69. The Kier molecular flexibility index (Phi) is 10.3. The normalized spacial score (nSPS) is 14.3. The van der Waals surface area contributed by atoms with E-state index < -0.39 is 10.8 Å². The number of benzene rings is 8. The van der Waals surface area contributed by atoms with Gasteiger partial charge < -0.3 is 18.6 Å². The van der Waals surface area contributed by atoms with Gasteiger partial charge in [0, 0.05) is 32.9 Å². The van der Waals surface area contributed by atoms with Crippen molar-refractivity contribution in [2.45, 2.75) is 84.0 Å². The van der Waals surface area contributed by atoms with Crippen molar-refractivity contribution in [1.29, 1.82) is 5.26 Å². The molecule has 69 heavy (non-hydrogen) atoms. The average molecular weight is 899 g/mol. The van der Waals surface area contributed by atoms with E-state index in [2.05, 4.69) is 191 Å². The van der Waals surface area contributed by atoms with Gasteiger partial charge >= 0.3 is 0 Å². The maximum absolute atomic E-state index is 12.0. The maximum atomic E-state index is 12.0. The highest BCUT2D eigenvalue weighted by Gasteiger charge is 2.45. The Morgan fingerprint density at radius 3 is 1.49 bits per heavy atom. The number of para-hydroxylation sites is 4. The van der Waals surface area contributed by atoms with Crippen LogP contribution in [0, 0.1) is 17.9 Å². The van der Waals surface area contributed by atoms with Crippen molar-refractivity contribution in [2.24, 2.45) is 0 Å². The average Bonchev–Trinajstić information content (AvgIpc) is 3.91. The molecular formula is C63H54N4O2. The van der Waals surface area contributed by atoms with E-state index in [-0.39, 0.29) is 11.1 Å². The van der Waals surface area contributed by atoms with Crippen LogP contribution in [-0.4, -0.2) is 0 Å². The molecule has 6 heteroatoms. The first-order chi connectivity index (χ1) is 33.3. The molecule has 11 rings (SSSR count). The van der Waals surface area contributed by atoms with Crippen molar-refractivity contribution in [2.75, 3.05) is 9.80 Å². The van der Waals surface area contributed by atoms with Crippen LogP contribution in [0.5, 0.6) is 0 Å². The highest BCUT2D eigenvalue weighted by atomic mass is 16.3. The van der Waals surface area contributed by atoms with Crippen molar-refractivity contribution in [3.63, 3.8) is 0 Å². The van der Waals surface area contributed by atoms with E-state index in [1.54, 1.807) is 0 Å². The smallest absolute Gasteiger partial charge is 0.230 e. The monoisotopic (exact) mass is 898 g/mol. The van der Waals surface area contributed by atoms with Gasteiger partial charge in [-0.1, -0.05) is 170 Å². The second-order valence-corrected chi connectivity index (χ2v) is 20.9. The molecule has 0 atom stereocenters. The van der Waals surface area contributed by atoms with E-state index in [4.69, 9.17) is 8.83 Å². The molecule has 0 spiro atoms. The first-order valence-corrected chi connectivity index (χ1v) is 24.0. The summed E-state index contributed by atoms with van der Waals surface area (Å²) in [5.41, 5.74) is 12.7. The molecule has 0 bridgehead atoms. The molecule has 6 nitrogen and oxygen atoms in total. The zero-order valence-electron chi connectivity index (χ0n) is 40.3.